The van der Waals surface area contributed by atoms with Gasteiger partial charge in [0.2, 0.25) is 0 Å². The van der Waals surface area contributed by atoms with Gasteiger partial charge in [-0.15, -0.1) is 0 Å². The smallest absolute Gasteiger partial charge is 0.422 e. The molecule has 0 unspecified atom stereocenters. The van der Waals surface area contributed by atoms with Gasteiger partial charge >= 0.3 is 12.4 Å². The van der Waals surface area contributed by atoms with Gasteiger partial charge in [0.15, 0.2) is 0 Å². The van der Waals surface area contributed by atoms with Crippen LogP contribution in [0.2, 0.25) is 0 Å². The van der Waals surface area contributed by atoms with E-state index in [2.05, 4.69) is 4.74 Å². The molecule has 8 heteroatoms. The number of alkyl halides is 6. The van der Waals surface area contributed by atoms with Crippen LogP contribution >= 0.6 is 0 Å². The Balaban J connectivity index is 3.47. The van der Waals surface area contributed by atoms with Gasteiger partial charge in [-0.05, 0) is 12.1 Å². The molecule has 17 heavy (non-hydrogen) atoms. The summed E-state index contributed by atoms with van der Waals surface area (Å²) >= 11 is 0. The lowest BCUT2D eigenvalue weighted by molar-refractivity contribution is -0.144. The predicted octanol–water partition coefficient (Wildman–Crippen LogP) is 3.87. The van der Waals surface area contributed by atoms with Gasteiger partial charge in [-0.1, -0.05) is 0 Å². The topological polar surface area (TPSA) is 9.23 Å². The Hall–Kier alpha value is -1.47. The molecule has 0 saturated heterocycles. The van der Waals surface area contributed by atoms with Crippen LogP contribution in [0, 0.1) is 5.82 Å². The number of ether oxygens (including phenoxy) is 1. The summed E-state index contributed by atoms with van der Waals surface area (Å²) in [7, 11) is 0.726. The summed E-state index contributed by atoms with van der Waals surface area (Å²) in [4.78, 5) is 0. The van der Waals surface area contributed by atoms with E-state index in [-0.39, 0.29) is 12.1 Å². The van der Waals surface area contributed by atoms with E-state index in [0.29, 0.717) is 0 Å². The predicted molar refractivity (Wildman–Crippen MR) is 43.0 cm³/mol. The molecule has 0 aliphatic carbocycles. The van der Waals surface area contributed by atoms with Crippen molar-refractivity contribution in [2.24, 2.45) is 0 Å². The van der Waals surface area contributed by atoms with Crippen LogP contribution in [-0.4, -0.2) is 7.11 Å². The second-order valence-corrected chi connectivity index (χ2v) is 3.03. The molecule has 1 rings (SSSR count). The molecule has 0 spiro atoms. The van der Waals surface area contributed by atoms with E-state index in [1.807, 2.05) is 0 Å². The van der Waals surface area contributed by atoms with Crippen molar-refractivity contribution in [1.82, 2.24) is 0 Å². The normalized spacial score (nSPS) is 12.7. The number of hydrogen-bond donors (Lipinski definition) is 0. The molecule has 0 bridgehead atoms. The van der Waals surface area contributed by atoms with Crippen molar-refractivity contribution in [1.29, 1.82) is 0 Å². The Morgan fingerprint density at radius 2 is 1.47 bits per heavy atom. The maximum absolute atomic E-state index is 13.0. The molecule has 1 aromatic rings. The molecular formula is C9H5F7O. The van der Waals surface area contributed by atoms with Crippen LogP contribution < -0.4 is 4.74 Å². The molecular weight excluding hydrogens is 257 g/mol. The van der Waals surface area contributed by atoms with Crippen molar-refractivity contribution in [3.05, 3.63) is 29.1 Å². The van der Waals surface area contributed by atoms with E-state index in [9.17, 15) is 30.7 Å². The van der Waals surface area contributed by atoms with E-state index in [4.69, 9.17) is 0 Å². The summed E-state index contributed by atoms with van der Waals surface area (Å²) in [6, 6.07) is -0.114. The fourth-order valence-corrected chi connectivity index (χ4v) is 1.18. The van der Waals surface area contributed by atoms with Gasteiger partial charge in [0.1, 0.15) is 17.1 Å². The van der Waals surface area contributed by atoms with Crippen molar-refractivity contribution < 1.29 is 35.5 Å². The minimum Gasteiger partial charge on any atom is -0.496 e. The van der Waals surface area contributed by atoms with Gasteiger partial charge in [0, 0.05) is 0 Å². The molecule has 0 heterocycles. The first kappa shape index (κ1) is 13.6. The molecule has 0 aliphatic heterocycles. The second-order valence-electron chi connectivity index (χ2n) is 3.03. The number of halogens is 7. The van der Waals surface area contributed by atoms with Gasteiger partial charge in [-0.3, -0.25) is 0 Å². The minimum atomic E-state index is -5.13. The first-order valence-corrected chi connectivity index (χ1v) is 4.09. The fraction of sp³-hybridized carbons (Fsp3) is 0.333. The highest BCUT2D eigenvalue weighted by Gasteiger charge is 2.41. The standard InChI is InChI=1S/C9H5F7O/c1-17-6-3-4(8(11,12)13)2-5(10)7(6)9(14,15)16/h2-3H,1H3. The van der Waals surface area contributed by atoms with Crippen molar-refractivity contribution >= 4 is 0 Å². The Morgan fingerprint density at radius 1 is 0.941 bits per heavy atom. The third kappa shape index (κ3) is 2.80. The summed E-state index contributed by atoms with van der Waals surface area (Å²) < 4.78 is 90.7. The van der Waals surface area contributed by atoms with E-state index < -0.39 is 35.0 Å². The van der Waals surface area contributed by atoms with Crippen molar-refractivity contribution in [2.75, 3.05) is 7.11 Å². The largest absolute Gasteiger partial charge is 0.496 e. The van der Waals surface area contributed by atoms with Crippen LogP contribution in [-0.2, 0) is 12.4 Å². The van der Waals surface area contributed by atoms with Crippen molar-refractivity contribution in [3.8, 4) is 5.75 Å². The third-order valence-corrected chi connectivity index (χ3v) is 1.88. The molecule has 0 atom stereocenters. The van der Waals surface area contributed by atoms with E-state index in [0.717, 1.165) is 7.11 Å². The number of methoxy groups -OCH3 is 1. The Labute approximate surface area is 90.8 Å². The van der Waals surface area contributed by atoms with E-state index >= 15 is 0 Å². The van der Waals surface area contributed by atoms with Gasteiger partial charge in [0.25, 0.3) is 0 Å². The Morgan fingerprint density at radius 3 is 1.82 bits per heavy atom. The lowest BCUT2D eigenvalue weighted by Crippen LogP contribution is -2.14. The quantitative estimate of drug-likeness (QED) is 0.698. The highest BCUT2D eigenvalue weighted by Crippen LogP contribution is 2.41. The van der Waals surface area contributed by atoms with Gasteiger partial charge < -0.3 is 4.74 Å². The van der Waals surface area contributed by atoms with Crippen LogP contribution in [0.1, 0.15) is 11.1 Å². The Bertz CT molecular complexity index is 419. The monoisotopic (exact) mass is 262 g/mol. The van der Waals surface area contributed by atoms with Gasteiger partial charge in [-0.2, -0.15) is 26.3 Å². The highest BCUT2D eigenvalue weighted by molar-refractivity contribution is 5.41. The zero-order chi connectivity index (χ0) is 13.4. The van der Waals surface area contributed by atoms with Crippen LogP contribution in [0.15, 0.2) is 12.1 Å². The van der Waals surface area contributed by atoms with Crippen LogP contribution in [0.5, 0.6) is 5.75 Å². The zero-order valence-electron chi connectivity index (χ0n) is 8.21. The number of rotatable bonds is 1. The molecule has 0 N–H and O–H groups in total. The van der Waals surface area contributed by atoms with Crippen LogP contribution in [0.25, 0.3) is 0 Å². The lowest BCUT2D eigenvalue weighted by atomic mass is 10.1. The first-order chi connectivity index (χ1) is 7.57. The molecule has 1 aromatic carbocycles. The van der Waals surface area contributed by atoms with Crippen molar-refractivity contribution in [3.63, 3.8) is 0 Å². The SMILES string of the molecule is COc1cc(C(F)(F)F)cc(F)c1C(F)(F)F. The van der Waals surface area contributed by atoms with Gasteiger partial charge in [0.05, 0.1) is 12.7 Å². The number of benzene rings is 1. The molecule has 0 fully saturated rings. The number of hydrogen-bond acceptors (Lipinski definition) is 1. The zero-order valence-corrected chi connectivity index (χ0v) is 8.21. The average molecular weight is 262 g/mol. The maximum Gasteiger partial charge on any atom is 0.422 e. The highest BCUT2D eigenvalue weighted by atomic mass is 19.4. The van der Waals surface area contributed by atoms with Crippen LogP contribution in [0.3, 0.4) is 0 Å². The van der Waals surface area contributed by atoms with E-state index in [1.165, 1.54) is 0 Å². The molecule has 0 amide bonds. The van der Waals surface area contributed by atoms with Crippen molar-refractivity contribution in [2.45, 2.75) is 12.4 Å². The summed E-state index contributed by atoms with van der Waals surface area (Å²) in [5.41, 5.74) is -3.40. The summed E-state index contributed by atoms with van der Waals surface area (Å²) in [6.45, 7) is 0. The summed E-state index contributed by atoms with van der Waals surface area (Å²) in [6.07, 6.45) is -10.1. The summed E-state index contributed by atoms with van der Waals surface area (Å²) in [5.74, 6) is -3.23. The molecule has 0 saturated carbocycles. The van der Waals surface area contributed by atoms with Gasteiger partial charge in [-0.25, -0.2) is 4.39 Å². The molecule has 96 valence electrons. The maximum atomic E-state index is 13.0. The molecule has 1 nitrogen and oxygen atoms in total. The first-order valence-electron chi connectivity index (χ1n) is 4.09. The molecule has 0 radical (unpaired) electrons. The third-order valence-electron chi connectivity index (χ3n) is 1.88. The lowest BCUT2D eigenvalue weighted by Gasteiger charge is -2.15. The molecule has 0 aromatic heterocycles. The second kappa shape index (κ2) is 4.08. The Kier molecular flexibility index (Phi) is 3.26. The molecule has 0 aliphatic rings. The minimum absolute atomic E-state index is 0.103. The fourth-order valence-electron chi connectivity index (χ4n) is 1.18. The average Bonchev–Trinajstić information content (AvgIpc) is 2.12. The summed E-state index contributed by atoms with van der Waals surface area (Å²) in [5, 5.41) is 0. The van der Waals surface area contributed by atoms with Crippen LogP contribution in [0.4, 0.5) is 30.7 Å². The van der Waals surface area contributed by atoms with E-state index in [1.54, 1.807) is 0 Å².